The van der Waals surface area contributed by atoms with Gasteiger partial charge in [0.25, 0.3) is 11.1 Å². The van der Waals surface area contributed by atoms with E-state index in [2.05, 4.69) is 5.32 Å². The van der Waals surface area contributed by atoms with Gasteiger partial charge in [-0.1, -0.05) is 48.0 Å². The molecule has 1 heterocycles. The van der Waals surface area contributed by atoms with Gasteiger partial charge in [-0.3, -0.25) is 19.3 Å². The molecular weight excluding hydrogens is 529 g/mol. The predicted octanol–water partition coefficient (Wildman–Crippen LogP) is 6.61. The maximum absolute atomic E-state index is 12.9. The summed E-state index contributed by atoms with van der Waals surface area (Å²) in [5.74, 6) is -0.896. The number of thioether (sulfide) groups is 1. The van der Waals surface area contributed by atoms with Crippen molar-refractivity contribution in [3.8, 4) is 5.75 Å². The van der Waals surface area contributed by atoms with Crippen LogP contribution >= 0.6 is 23.4 Å². The highest BCUT2D eigenvalue weighted by Gasteiger charge is 2.36. The minimum Gasteiger partial charge on any atom is -0.489 e. The van der Waals surface area contributed by atoms with E-state index in [1.807, 2.05) is 18.2 Å². The second-order valence-electron chi connectivity index (χ2n) is 7.84. The summed E-state index contributed by atoms with van der Waals surface area (Å²) in [5.41, 5.74) is 0.432. The molecule has 1 aliphatic heterocycles. The van der Waals surface area contributed by atoms with Gasteiger partial charge in [-0.25, -0.2) is 0 Å². The van der Waals surface area contributed by atoms with Crippen molar-refractivity contribution < 1.29 is 32.3 Å². The van der Waals surface area contributed by atoms with Crippen LogP contribution in [0.25, 0.3) is 6.08 Å². The fourth-order valence-corrected chi connectivity index (χ4v) is 4.37. The maximum atomic E-state index is 12.9. The summed E-state index contributed by atoms with van der Waals surface area (Å²) in [5, 5.41) is 2.22. The van der Waals surface area contributed by atoms with E-state index in [1.54, 1.807) is 30.3 Å². The second-order valence-corrected chi connectivity index (χ2v) is 9.24. The number of imide groups is 1. The highest BCUT2D eigenvalue weighted by atomic mass is 35.5. The molecule has 3 aromatic rings. The first kappa shape index (κ1) is 26.3. The number of anilines is 1. The summed E-state index contributed by atoms with van der Waals surface area (Å²) in [7, 11) is 0. The van der Waals surface area contributed by atoms with Gasteiger partial charge in [-0.2, -0.15) is 13.2 Å². The Hall–Kier alpha value is -3.76. The zero-order chi connectivity index (χ0) is 26.6. The van der Waals surface area contributed by atoms with E-state index in [0.29, 0.717) is 28.1 Å². The lowest BCUT2D eigenvalue weighted by atomic mass is 10.2. The second kappa shape index (κ2) is 11.1. The number of hydrogen-bond acceptors (Lipinski definition) is 5. The van der Waals surface area contributed by atoms with Gasteiger partial charge in [-0.05, 0) is 59.8 Å². The Kier molecular flexibility index (Phi) is 7.89. The zero-order valence-electron chi connectivity index (χ0n) is 18.9. The van der Waals surface area contributed by atoms with Gasteiger partial charge in [0, 0.05) is 16.3 Å². The molecule has 0 saturated carbocycles. The van der Waals surface area contributed by atoms with Crippen molar-refractivity contribution in [3.63, 3.8) is 0 Å². The van der Waals surface area contributed by atoms with Crippen LogP contribution in [0.3, 0.4) is 0 Å². The minimum absolute atomic E-state index is 0.0980. The molecule has 0 unspecified atom stereocenters. The van der Waals surface area contributed by atoms with Crippen LogP contribution in [-0.2, 0) is 22.4 Å². The molecule has 3 aromatic carbocycles. The summed E-state index contributed by atoms with van der Waals surface area (Å²) >= 11 is 6.79. The van der Waals surface area contributed by atoms with E-state index in [4.69, 9.17) is 16.3 Å². The van der Waals surface area contributed by atoms with E-state index >= 15 is 0 Å². The number of alkyl halides is 3. The van der Waals surface area contributed by atoms with Crippen molar-refractivity contribution in [2.45, 2.75) is 12.8 Å². The summed E-state index contributed by atoms with van der Waals surface area (Å²) in [6.07, 6.45) is -3.06. The van der Waals surface area contributed by atoms with Crippen molar-refractivity contribution in [1.29, 1.82) is 0 Å². The Morgan fingerprint density at radius 1 is 1.03 bits per heavy atom. The first-order valence-electron chi connectivity index (χ1n) is 10.8. The molecule has 0 aliphatic carbocycles. The molecule has 1 aliphatic rings. The van der Waals surface area contributed by atoms with Crippen LogP contribution in [0.2, 0.25) is 5.02 Å². The van der Waals surface area contributed by atoms with Crippen molar-refractivity contribution >= 4 is 52.2 Å². The molecule has 37 heavy (non-hydrogen) atoms. The number of carbonyl (C=O) groups is 3. The quantitative estimate of drug-likeness (QED) is 0.337. The lowest BCUT2D eigenvalue weighted by Gasteiger charge is -2.13. The standard InChI is InChI=1S/C26H18ClF3N2O4S/c27-21-7-2-1-4-17(21)15-36-20-10-8-16(9-11-20)12-22-24(34)32(25(35)37-22)14-23(33)31-19-6-3-5-18(13-19)26(28,29)30/h1-13H,14-15H2,(H,31,33)/b22-12-. The third kappa shape index (κ3) is 6.72. The fourth-order valence-electron chi connectivity index (χ4n) is 3.34. The third-order valence-electron chi connectivity index (χ3n) is 5.18. The first-order chi connectivity index (χ1) is 17.6. The van der Waals surface area contributed by atoms with Gasteiger partial charge in [0.15, 0.2) is 0 Å². The average Bonchev–Trinajstić information content (AvgIpc) is 3.11. The number of nitrogens with zero attached hydrogens (tertiary/aromatic N) is 1. The molecule has 0 radical (unpaired) electrons. The minimum atomic E-state index is -4.57. The van der Waals surface area contributed by atoms with Gasteiger partial charge >= 0.3 is 6.18 Å². The first-order valence-corrected chi connectivity index (χ1v) is 12.0. The molecule has 1 saturated heterocycles. The number of carbonyl (C=O) groups excluding carboxylic acids is 3. The predicted molar refractivity (Wildman–Crippen MR) is 135 cm³/mol. The number of amides is 3. The highest BCUT2D eigenvalue weighted by molar-refractivity contribution is 8.18. The van der Waals surface area contributed by atoms with Crippen molar-refractivity contribution in [3.05, 3.63) is 99.4 Å². The van der Waals surface area contributed by atoms with Gasteiger partial charge in [0.05, 0.1) is 10.5 Å². The highest BCUT2D eigenvalue weighted by Crippen LogP contribution is 2.33. The number of ether oxygens (including phenoxy) is 1. The molecule has 0 aromatic heterocycles. The van der Waals surface area contributed by atoms with Crippen molar-refractivity contribution in [2.75, 3.05) is 11.9 Å². The smallest absolute Gasteiger partial charge is 0.416 e. The molecule has 11 heteroatoms. The van der Waals surface area contributed by atoms with Crippen LogP contribution in [0.4, 0.5) is 23.7 Å². The van der Waals surface area contributed by atoms with E-state index in [9.17, 15) is 27.6 Å². The van der Waals surface area contributed by atoms with Crippen LogP contribution in [0, 0.1) is 0 Å². The summed E-state index contributed by atoms with van der Waals surface area (Å²) in [4.78, 5) is 38.2. The molecule has 1 N–H and O–H groups in total. The molecule has 3 amide bonds. The molecule has 0 bridgehead atoms. The maximum Gasteiger partial charge on any atom is 0.416 e. The van der Waals surface area contributed by atoms with Gasteiger partial charge < -0.3 is 10.1 Å². The third-order valence-corrected chi connectivity index (χ3v) is 6.46. The molecule has 4 rings (SSSR count). The normalized spacial score (nSPS) is 14.8. The topological polar surface area (TPSA) is 75.7 Å². The van der Waals surface area contributed by atoms with Crippen LogP contribution < -0.4 is 10.1 Å². The monoisotopic (exact) mass is 546 g/mol. The van der Waals surface area contributed by atoms with Crippen LogP contribution in [-0.4, -0.2) is 28.5 Å². The van der Waals surface area contributed by atoms with Gasteiger partial charge in [0.1, 0.15) is 18.9 Å². The average molecular weight is 547 g/mol. The van der Waals surface area contributed by atoms with Crippen LogP contribution in [0.15, 0.2) is 77.7 Å². The van der Waals surface area contributed by atoms with Gasteiger partial charge in [-0.15, -0.1) is 0 Å². The molecule has 6 nitrogen and oxygen atoms in total. The largest absolute Gasteiger partial charge is 0.489 e. The lowest BCUT2D eigenvalue weighted by Crippen LogP contribution is -2.36. The summed E-state index contributed by atoms with van der Waals surface area (Å²) < 4.78 is 44.3. The van der Waals surface area contributed by atoms with E-state index in [1.165, 1.54) is 12.1 Å². The fraction of sp³-hybridized carbons (Fsp3) is 0.115. The van der Waals surface area contributed by atoms with Crippen LogP contribution in [0.1, 0.15) is 16.7 Å². The number of halogens is 4. The Morgan fingerprint density at radius 3 is 2.46 bits per heavy atom. The number of rotatable bonds is 7. The van der Waals surface area contributed by atoms with Crippen molar-refractivity contribution in [1.82, 2.24) is 4.90 Å². The Labute approximate surface area is 219 Å². The number of hydrogen-bond donors (Lipinski definition) is 1. The molecular formula is C26H18ClF3N2O4S. The number of benzene rings is 3. The van der Waals surface area contributed by atoms with Crippen LogP contribution in [0.5, 0.6) is 5.75 Å². The summed E-state index contributed by atoms with van der Waals surface area (Å²) in [6, 6.07) is 18.2. The Balaban J connectivity index is 1.36. The Bertz CT molecular complexity index is 1380. The zero-order valence-corrected chi connectivity index (χ0v) is 20.5. The Morgan fingerprint density at radius 2 is 1.76 bits per heavy atom. The van der Waals surface area contributed by atoms with Crippen molar-refractivity contribution in [2.24, 2.45) is 0 Å². The lowest BCUT2D eigenvalue weighted by molar-refractivity contribution is -0.137. The molecule has 0 atom stereocenters. The number of nitrogens with one attached hydrogen (secondary N) is 1. The molecule has 0 spiro atoms. The molecule has 1 fully saturated rings. The van der Waals surface area contributed by atoms with E-state index < -0.39 is 35.3 Å². The van der Waals surface area contributed by atoms with E-state index in [0.717, 1.165) is 28.7 Å². The summed E-state index contributed by atoms with van der Waals surface area (Å²) in [6.45, 7) is -0.354. The molecule has 190 valence electrons. The van der Waals surface area contributed by atoms with E-state index in [-0.39, 0.29) is 17.2 Å². The SMILES string of the molecule is O=C(CN1C(=O)S/C(=C\c2ccc(OCc3ccccc3Cl)cc2)C1=O)Nc1cccc(C(F)(F)F)c1. The van der Waals surface area contributed by atoms with Gasteiger partial charge in [0.2, 0.25) is 5.91 Å².